The molecule has 5 nitrogen and oxygen atoms in total. The van der Waals surface area contributed by atoms with E-state index >= 15 is 0 Å². The first kappa shape index (κ1) is 11.4. The summed E-state index contributed by atoms with van der Waals surface area (Å²) >= 11 is 7.27. The third-order valence-corrected chi connectivity index (χ3v) is 3.78. The number of halogens is 1. The van der Waals surface area contributed by atoms with Crippen LogP contribution >= 0.6 is 22.9 Å². The molecule has 2 aromatic heterocycles. The number of thiazole rings is 1. The van der Waals surface area contributed by atoms with E-state index in [-0.39, 0.29) is 0 Å². The van der Waals surface area contributed by atoms with Gasteiger partial charge in [-0.1, -0.05) is 17.7 Å². The molecule has 0 unspecified atom stereocenters. The summed E-state index contributed by atoms with van der Waals surface area (Å²) in [6.45, 7) is 2.72. The number of hydrogen-bond donors (Lipinski definition) is 2. The average Bonchev–Trinajstić information content (AvgIpc) is 2.96. The number of nitrogens with one attached hydrogen (secondary N) is 2. The van der Waals surface area contributed by atoms with Crippen LogP contribution in [0.3, 0.4) is 0 Å². The third-order valence-electron chi connectivity index (χ3n) is 2.66. The van der Waals surface area contributed by atoms with Crippen molar-refractivity contribution in [2.75, 3.05) is 5.32 Å². The number of H-pyrrole nitrogens is 1. The normalized spacial score (nSPS) is 11.0. The van der Waals surface area contributed by atoms with Crippen LogP contribution in [0.2, 0.25) is 4.47 Å². The molecule has 0 aliphatic heterocycles. The van der Waals surface area contributed by atoms with Crippen molar-refractivity contribution < 1.29 is 0 Å². The number of aromatic nitrogens is 4. The summed E-state index contributed by atoms with van der Waals surface area (Å²) < 4.78 is 0.558. The van der Waals surface area contributed by atoms with Gasteiger partial charge in [-0.15, -0.1) is 11.3 Å². The lowest BCUT2D eigenvalue weighted by molar-refractivity contribution is 0.959. The summed E-state index contributed by atoms with van der Waals surface area (Å²) in [6, 6.07) is 3.97. The quantitative estimate of drug-likeness (QED) is 0.773. The fourth-order valence-corrected chi connectivity index (χ4v) is 2.69. The van der Waals surface area contributed by atoms with Crippen LogP contribution < -0.4 is 5.32 Å². The van der Waals surface area contributed by atoms with Crippen molar-refractivity contribution in [2.45, 2.75) is 13.5 Å². The molecule has 0 amide bonds. The third kappa shape index (κ3) is 2.04. The molecule has 0 radical (unpaired) electrons. The summed E-state index contributed by atoms with van der Waals surface area (Å²) in [7, 11) is 0. The lowest BCUT2D eigenvalue weighted by Crippen LogP contribution is -2.00. The molecule has 0 aliphatic rings. The summed E-state index contributed by atoms with van der Waals surface area (Å²) in [5.41, 5.74) is 3.83. The fourth-order valence-electron chi connectivity index (χ4n) is 1.78. The van der Waals surface area contributed by atoms with Crippen molar-refractivity contribution in [3.8, 4) is 0 Å². The lowest BCUT2D eigenvalue weighted by Gasteiger charge is -2.08. The second-order valence-electron chi connectivity index (χ2n) is 3.88. The van der Waals surface area contributed by atoms with Gasteiger partial charge in [0.15, 0.2) is 4.47 Å². The molecular formula is C11H10ClN5S. The fraction of sp³-hybridized carbons (Fsp3) is 0.182. The predicted octanol–water partition coefficient (Wildman–Crippen LogP) is 2.99. The first-order valence-electron chi connectivity index (χ1n) is 5.38. The van der Waals surface area contributed by atoms with Crippen LogP contribution in [0.4, 0.5) is 5.69 Å². The molecule has 0 aliphatic carbocycles. The maximum Gasteiger partial charge on any atom is 0.183 e. The minimum absolute atomic E-state index is 0.558. The van der Waals surface area contributed by atoms with Crippen molar-refractivity contribution in [1.82, 2.24) is 20.4 Å². The topological polar surface area (TPSA) is 66.5 Å². The van der Waals surface area contributed by atoms with Gasteiger partial charge in [0.05, 0.1) is 12.2 Å². The number of rotatable bonds is 3. The van der Waals surface area contributed by atoms with Gasteiger partial charge >= 0.3 is 0 Å². The summed E-state index contributed by atoms with van der Waals surface area (Å²) in [6.07, 6.45) is 1.78. The van der Waals surface area contributed by atoms with Crippen LogP contribution in [-0.4, -0.2) is 20.4 Å². The van der Waals surface area contributed by atoms with Crippen molar-refractivity contribution in [3.63, 3.8) is 0 Å². The van der Waals surface area contributed by atoms with Crippen LogP contribution in [0.5, 0.6) is 0 Å². The van der Waals surface area contributed by atoms with Gasteiger partial charge in [0.1, 0.15) is 11.0 Å². The van der Waals surface area contributed by atoms with E-state index < -0.39 is 0 Å². The summed E-state index contributed by atoms with van der Waals surface area (Å²) in [5.74, 6) is 0. The minimum atomic E-state index is 0.558. The zero-order chi connectivity index (χ0) is 12.5. The Bertz CT molecular complexity index is 690. The Morgan fingerprint density at radius 3 is 3.06 bits per heavy atom. The van der Waals surface area contributed by atoms with Gasteiger partial charge in [-0.2, -0.15) is 15.4 Å². The second kappa shape index (κ2) is 4.55. The van der Waals surface area contributed by atoms with E-state index in [1.165, 1.54) is 11.3 Å². The first-order chi connectivity index (χ1) is 8.74. The second-order valence-corrected chi connectivity index (χ2v) is 5.58. The molecule has 1 aromatic carbocycles. The molecule has 3 rings (SSSR count). The van der Waals surface area contributed by atoms with E-state index in [0.717, 1.165) is 27.2 Å². The van der Waals surface area contributed by atoms with Crippen LogP contribution in [-0.2, 0) is 6.54 Å². The molecular weight excluding hydrogens is 270 g/mol. The number of aromatic amines is 1. The van der Waals surface area contributed by atoms with Crippen LogP contribution in [0.1, 0.15) is 10.4 Å². The van der Waals surface area contributed by atoms with E-state index in [9.17, 15) is 0 Å². The molecule has 0 bridgehead atoms. The number of fused-ring (bicyclic) bond motifs is 1. The number of hydrogen-bond acceptors (Lipinski definition) is 5. The zero-order valence-electron chi connectivity index (χ0n) is 9.57. The Labute approximate surface area is 112 Å². The molecule has 2 heterocycles. The molecule has 0 atom stereocenters. The SMILES string of the molecule is Cc1ccc2n[nH]nc2c1NCc1cnc(Cl)s1. The highest BCUT2D eigenvalue weighted by atomic mass is 35.5. The highest BCUT2D eigenvalue weighted by Gasteiger charge is 2.08. The molecule has 18 heavy (non-hydrogen) atoms. The van der Waals surface area contributed by atoms with E-state index in [2.05, 4.69) is 25.7 Å². The molecule has 92 valence electrons. The van der Waals surface area contributed by atoms with Crippen molar-refractivity contribution >= 4 is 39.7 Å². The Morgan fingerprint density at radius 1 is 1.39 bits per heavy atom. The van der Waals surface area contributed by atoms with Crippen molar-refractivity contribution in [1.29, 1.82) is 0 Å². The number of nitrogens with zero attached hydrogens (tertiary/aromatic N) is 3. The number of benzene rings is 1. The molecule has 0 saturated heterocycles. The van der Waals surface area contributed by atoms with Crippen LogP contribution in [0.25, 0.3) is 11.0 Å². The van der Waals surface area contributed by atoms with Gasteiger partial charge in [0, 0.05) is 11.1 Å². The molecule has 2 N–H and O–H groups in total. The van der Waals surface area contributed by atoms with Gasteiger partial charge in [-0.3, -0.25) is 0 Å². The molecule has 3 aromatic rings. The molecule has 0 saturated carbocycles. The lowest BCUT2D eigenvalue weighted by atomic mass is 10.1. The standard InChI is InChI=1S/C11H10ClN5S/c1-6-2-3-8-10(16-17-15-8)9(6)13-4-7-5-14-11(12)18-7/h2-3,5,13H,4H2,1H3,(H,15,16,17). The largest absolute Gasteiger partial charge is 0.378 e. The van der Waals surface area contributed by atoms with Gasteiger partial charge < -0.3 is 5.32 Å². The van der Waals surface area contributed by atoms with E-state index in [0.29, 0.717) is 11.0 Å². The van der Waals surface area contributed by atoms with Crippen molar-refractivity contribution in [2.24, 2.45) is 0 Å². The monoisotopic (exact) mass is 279 g/mol. The van der Waals surface area contributed by atoms with Gasteiger partial charge in [0.2, 0.25) is 0 Å². The van der Waals surface area contributed by atoms with E-state index in [1.54, 1.807) is 6.20 Å². The zero-order valence-corrected chi connectivity index (χ0v) is 11.1. The Hall–Kier alpha value is -1.66. The number of aryl methyl sites for hydroxylation is 1. The molecule has 7 heteroatoms. The highest BCUT2D eigenvalue weighted by Crippen LogP contribution is 2.25. The van der Waals surface area contributed by atoms with Gasteiger partial charge in [-0.25, -0.2) is 4.98 Å². The van der Waals surface area contributed by atoms with Gasteiger partial charge in [-0.05, 0) is 18.6 Å². The number of anilines is 1. The average molecular weight is 280 g/mol. The maximum atomic E-state index is 5.80. The van der Waals surface area contributed by atoms with Crippen molar-refractivity contribution in [3.05, 3.63) is 33.2 Å². The van der Waals surface area contributed by atoms with Crippen LogP contribution in [0.15, 0.2) is 18.3 Å². The molecule has 0 fully saturated rings. The smallest absolute Gasteiger partial charge is 0.183 e. The maximum absolute atomic E-state index is 5.80. The summed E-state index contributed by atoms with van der Waals surface area (Å²) in [4.78, 5) is 5.10. The minimum Gasteiger partial charge on any atom is -0.378 e. The Kier molecular flexibility index (Phi) is 2.89. The predicted molar refractivity (Wildman–Crippen MR) is 73.1 cm³/mol. The first-order valence-corrected chi connectivity index (χ1v) is 6.57. The summed E-state index contributed by atoms with van der Waals surface area (Å²) in [5, 5.41) is 14.2. The van der Waals surface area contributed by atoms with E-state index in [1.807, 2.05) is 19.1 Å². The van der Waals surface area contributed by atoms with E-state index in [4.69, 9.17) is 11.6 Å². The van der Waals surface area contributed by atoms with Crippen LogP contribution in [0, 0.1) is 6.92 Å². The Balaban J connectivity index is 1.89. The Morgan fingerprint density at radius 2 is 2.28 bits per heavy atom. The highest BCUT2D eigenvalue weighted by molar-refractivity contribution is 7.15. The molecule has 0 spiro atoms. The van der Waals surface area contributed by atoms with Gasteiger partial charge in [0.25, 0.3) is 0 Å².